The summed E-state index contributed by atoms with van der Waals surface area (Å²) in [6.45, 7) is 1.87. The Balaban J connectivity index is 1.41. The molecule has 1 aromatic heterocycles. The van der Waals surface area contributed by atoms with Crippen molar-refractivity contribution in [2.75, 3.05) is 10.6 Å². The Hall–Kier alpha value is -2.97. The monoisotopic (exact) mass is 513 g/mol. The van der Waals surface area contributed by atoms with Gasteiger partial charge in [-0.3, -0.25) is 14.9 Å². The molecule has 0 radical (unpaired) electrons. The number of carbonyl (C=O) groups excluding carboxylic acids is 2. The van der Waals surface area contributed by atoms with Gasteiger partial charge in [-0.2, -0.15) is 0 Å². The lowest BCUT2D eigenvalue weighted by molar-refractivity contribution is 0.0980. The van der Waals surface area contributed by atoms with E-state index >= 15 is 0 Å². The summed E-state index contributed by atoms with van der Waals surface area (Å²) >= 11 is 18.9. The SMILES string of the molecule is Cc1cc(NC(=S)NC(=O)c2sc3cc(Cl)ccc3c2Cl)ccc1NC(=O)c1ccccc1. The Bertz CT molecular complexity index is 1390. The first-order valence-electron chi connectivity index (χ1n) is 9.79. The van der Waals surface area contributed by atoms with Gasteiger partial charge in [-0.25, -0.2) is 0 Å². The van der Waals surface area contributed by atoms with E-state index in [0.29, 0.717) is 31.9 Å². The minimum atomic E-state index is -0.404. The Morgan fingerprint density at radius 1 is 0.909 bits per heavy atom. The van der Waals surface area contributed by atoms with E-state index in [0.717, 1.165) is 15.6 Å². The summed E-state index contributed by atoms with van der Waals surface area (Å²) in [7, 11) is 0. The molecule has 0 aliphatic carbocycles. The third-order valence-electron chi connectivity index (χ3n) is 4.79. The molecule has 0 unspecified atom stereocenters. The standard InChI is InChI=1S/C24H17Cl2N3O2S2/c1-13-11-16(8-10-18(13)28-22(30)14-5-3-2-4-6-14)27-24(32)29-23(31)21-20(26)17-9-7-15(25)12-19(17)33-21/h2-12H,1H3,(H,28,30)(H2,27,29,31,32). The molecule has 0 aliphatic heterocycles. The fourth-order valence-corrected chi connectivity index (χ4v) is 5.07. The van der Waals surface area contributed by atoms with E-state index in [1.54, 1.807) is 42.5 Å². The van der Waals surface area contributed by atoms with Crippen LogP contribution in [0.3, 0.4) is 0 Å². The fourth-order valence-electron chi connectivity index (χ4n) is 3.17. The molecule has 9 heteroatoms. The molecule has 0 spiro atoms. The van der Waals surface area contributed by atoms with Gasteiger partial charge in [0, 0.05) is 32.0 Å². The van der Waals surface area contributed by atoms with Crippen molar-refractivity contribution in [2.45, 2.75) is 6.92 Å². The van der Waals surface area contributed by atoms with Gasteiger partial charge in [-0.15, -0.1) is 11.3 Å². The van der Waals surface area contributed by atoms with Crippen molar-refractivity contribution in [3.8, 4) is 0 Å². The predicted molar refractivity (Wildman–Crippen MR) is 141 cm³/mol. The summed E-state index contributed by atoms with van der Waals surface area (Å²) in [5.74, 6) is -0.595. The summed E-state index contributed by atoms with van der Waals surface area (Å²) in [6, 6.07) is 19.6. The Morgan fingerprint density at radius 2 is 1.67 bits per heavy atom. The van der Waals surface area contributed by atoms with Gasteiger partial charge in [0.2, 0.25) is 0 Å². The lowest BCUT2D eigenvalue weighted by atomic mass is 10.1. The fraction of sp³-hybridized carbons (Fsp3) is 0.0417. The second-order valence-corrected chi connectivity index (χ2v) is 9.42. The van der Waals surface area contributed by atoms with Crippen LogP contribution in [0.1, 0.15) is 25.6 Å². The largest absolute Gasteiger partial charge is 0.332 e. The number of thiophene rings is 1. The van der Waals surface area contributed by atoms with E-state index in [-0.39, 0.29) is 11.0 Å². The molecule has 4 aromatic rings. The summed E-state index contributed by atoms with van der Waals surface area (Å²) in [5, 5.41) is 10.4. The maximum atomic E-state index is 12.7. The first-order valence-corrected chi connectivity index (χ1v) is 11.8. The van der Waals surface area contributed by atoms with Crippen LogP contribution in [0.5, 0.6) is 0 Å². The summed E-state index contributed by atoms with van der Waals surface area (Å²) in [5.41, 5.74) is 2.76. The number of carbonyl (C=O) groups is 2. The van der Waals surface area contributed by atoms with Crippen LogP contribution in [0.4, 0.5) is 11.4 Å². The third kappa shape index (κ3) is 5.34. The van der Waals surface area contributed by atoms with Crippen LogP contribution >= 0.6 is 46.8 Å². The number of nitrogens with one attached hydrogen (secondary N) is 3. The van der Waals surface area contributed by atoms with Gasteiger partial charge in [-0.1, -0.05) is 47.5 Å². The molecular formula is C24H17Cl2N3O2S2. The van der Waals surface area contributed by atoms with E-state index in [9.17, 15) is 9.59 Å². The average Bonchev–Trinajstić information content (AvgIpc) is 3.11. The van der Waals surface area contributed by atoms with Gasteiger partial charge in [0.05, 0.1) is 5.02 Å². The topological polar surface area (TPSA) is 70.2 Å². The molecule has 33 heavy (non-hydrogen) atoms. The van der Waals surface area contributed by atoms with Crippen LogP contribution < -0.4 is 16.0 Å². The number of thiocarbonyl (C=S) groups is 1. The van der Waals surface area contributed by atoms with Crippen molar-refractivity contribution >= 4 is 85.1 Å². The number of rotatable bonds is 4. The van der Waals surface area contributed by atoms with Crippen LogP contribution in [0.25, 0.3) is 10.1 Å². The van der Waals surface area contributed by atoms with Gasteiger partial charge < -0.3 is 10.6 Å². The van der Waals surface area contributed by atoms with Crippen molar-refractivity contribution in [1.29, 1.82) is 0 Å². The number of hydrogen-bond acceptors (Lipinski definition) is 4. The van der Waals surface area contributed by atoms with Crippen molar-refractivity contribution in [2.24, 2.45) is 0 Å². The Kier molecular flexibility index (Phi) is 6.95. The van der Waals surface area contributed by atoms with Crippen LogP contribution in [0.15, 0.2) is 66.7 Å². The number of benzene rings is 3. The average molecular weight is 514 g/mol. The molecule has 0 saturated carbocycles. The van der Waals surface area contributed by atoms with Crippen molar-refractivity contribution in [1.82, 2.24) is 5.32 Å². The molecular weight excluding hydrogens is 497 g/mol. The van der Waals surface area contributed by atoms with E-state index in [4.69, 9.17) is 35.4 Å². The minimum Gasteiger partial charge on any atom is -0.332 e. The summed E-state index contributed by atoms with van der Waals surface area (Å²) in [6.07, 6.45) is 0. The van der Waals surface area contributed by atoms with Crippen LogP contribution in [0.2, 0.25) is 10.0 Å². The highest BCUT2D eigenvalue weighted by Crippen LogP contribution is 2.36. The zero-order valence-electron chi connectivity index (χ0n) is 17.2. The van der Waals surface area contributed by atoms with E-state index in [1.807, 2.05) is 31.2 Å². The molecule has 0 saturated heterocycles. The molecule has 0 atom stereocenters. The second kappa shape index (κ2) is 9.89. The Morgan fingerprint density at radius 3 is 2.39 bits per heavy atom. The first kappa shape index (κ1) is 23.2. The zero-order valence-corrected chi connectivity index (χ0v) is 20.4. The summed E-state index contributed by atoms with van der Waals surface area (Å²) in [4.78, 5) is 25.4. The molecule has 5 nitrogen and oxygen atoms in total. The third-order valence-corrected chi connectivity index (χ3v) is 6.89. The van der Waals surface area contributed by atoms with Crippen molar-refractivity contribution < 1.29 is 9.59 Å². The zero-order chi connectivity index (χ0) is 23.5. The van der Waals surface area contributed by atoms with Gasteiger partial charge >= 0.3 is 0 Å². The van der Waals surface area contributed by atoms with Crippen LogP contribution in [-0.4, -0.2) is 16.9 Å². The minimum absolute atomic E-state index is 0.132. The molecule has 3 aromatic carbocycles. The number of anilines is 2. The molecule has 166 valence electrons. The molecule has 3 N–H and O–H groups in total. The number of halogens is 2. The van der Waals surface area contributed by atoms with Gasteiger partial charge in [0.1, 0.15) is 4.88 Å². The molecule has 2 amide bonds. The lowest BCUT2D eigenvalue weighted by Crippen LogP contribution is -2.33. The first-order chi connectivity index (χ1) is 15.8. The maximum absolute atomic E-state index is 12.7. The Labute approximate surface area is 209 Å². The quantitative estimate of drug-likeness (QED) is 0.259. The van der Waals surface area contributed by atoms with E-state index < -0.39 is 5.91 Å². The number of aryl methyl sites for hydroxylation is 1. The van der Waals surface area contributed by atoms with E-state index in [2.05, 4.69) is 16.0 Å². The van der Waals surface area contributed by atoms with Crippen LogP contribution in [0, 0.1) is 6.92 Å². The van der Waals surface area contributed by atoms with Crippen molar-refractivity contribution in [3.63, 3.8) is 0 Å². The number of amides is 2. The highest BCUT2D eigenvalue weighted by Gasteiger charge is 2.18. The predicted octanol–water partition coefficient (Wildman–Crippen LogP) is 6.90. The lowest BCUT2D eigenvalue weighted by Gasteiger charge is -2.13. The van der Waals surface area contributed by atoms with E-state index in [1.165, 1.54) is 11.3 Å². The smallest absolute Gasteiger partial charge is 0.269 e. The molecule has 0 bridgehead atoms. The second-order valence-electron chi connectivity index (χ2n) is 7.14. The maximum Gasteiger partial charge on any atom is 0.269 e. The number of fused-ring (bicyclic) bond motifs is 1. The molecule has 0 aliphatic rings. The van der Waals surface area contributed by atoms with Gasteiger partial charge in [0.15, 0.2) is 5.11 Å². The summed E-state index contributed by atoms with van der Waals surface area (Å²) < 4.78 is 0.820. The molecule has 4 rings (SSSR count). The highest BCUT2D eigenvalue weighted by atomic mass is 35.5. The van der Waals surface area contributed by atoms with Crippen molar-refractivity contribution in [3.05, 3.63) is 92.8 Å². The molecule has 0 fully saturated rings. The normalized spacial score (nSPS) is 10.6. The van der Waals surface area contributed by atoms with Gasteiger partial charge in [-0.05, 0) is 67.2 Å². The molecule has 1 heterocycles. The highest BCUT2D eigenvalue weighted by molar-refractivity contribution is 7.80. The van der Waals surface area contributed by atoms with Crippen LogP contribution in [-0.2, 0) is 0 Å². The van der Waals surface area contributed by atoms with Gasteiger partial charge in [0.25, 0.3) is 11.8 Å². The number of hydrogen-bond donors (Lipinski definition) is 3.